The minimum absolute atomic E-state index is 0.000725. The second kappa shape index (κ2) is 18.5. The first kappa shape index (κ1) is 46.3. The van der Waals surface area contributed by atoms with Gasteiger partial charge in [-0.05, 0) is 131 Å². The summed E-state index contributed by atoms with van der Waals surface area (Å²) in [6.07, 6.45) is 0. The third-order valence-electron chi connectivity index (χ3n) is 14.3. The van der Waals surface area contributed by atoms with Gasteiger partial charge in [-0.25, -0.2) is 0 Å². The van der Waals surface area contributed by atoms with Crippen LogP contribution in [0.15, 0.2) is 218 Å². The van der Waals surface area contributed by atoms with Gasteiger partial charge in [0.2, 0.25) is 0 Å². The molecule has 8 nitrogen and oxygen atoms in total. The van der Waals surface area contributed by atoms with E-state index in [9.17, 15) is 40.9 Å². The quantitative estimate of drug-likeness (QED) is 0.0595. The van der Waals surface area contributed by atoms with E-state index in [0.29, 0.717) is 44.5 Å². The molecule has 10 rings (SSSR count). The molecule has 0 bridgehead atoms. The van der Waals surface area contributed by atoms with Crippen molar-refractivity contribution in [3.05, 3.63) is 252 Å². The Hall–Kier alpha value is -9.40. The Morgan fingerprint density at radius 1 is 0.208 bits per heavy atom. The van der Waals surface area contributed by atoms with E-state index in [1.54, 1.807) is 121 Å². The fourth-order valence-electron chi connectivity index (χ4n) is 10.0. The summed E-state index contributed by atoms with van der Waals surface area (Å²) in [4.78, 5) is 0. The second-order valence-electron chi connectivity index (χ2n) is 18.4. The molecule has 0 unspecified atom stereocenters. The maximum absolute atomic E-state index is 11.2. The van der Waals surface area contributed by atoms with Crippen molar-refractivity contribution < 1.29 is 40.9 Å². The first-order valence-electron chi connectivity index (χ1n) is 23.4. The van der Waals surface area contributed by atoms with E-state index < -0.39 is 10.8 Å². The van der Waals surface area contributed by atoms with E-state index in [-0.39, 0.29) is 46.0 Å². The fraction of sp³-hybridized carbons (Fsp3) is 0.0625. The van der Waals surface area contributed by atoms with Gasteiger partial charge in [0.1, 0.15) is 46.0 Å². The first-order valence-corrected chi connectivity index (χ1v) is 23.4. The molecule has 0 fully saturated rings. The highest BCUT2D eigenvalue weighted by Crippen LogP contribution is 2.49. The molecule has 8 heteroatoms. The van der Waals surface area contributed by atoms with Crippen LogP contribution in [-0.4, -0.2) is 40.9 Å². The van der Waals surface area contributed by atoms with Crippen molar-refractivity contribution in [2.75, 3.05) is 0 Å². The maximum Gasteiger partial charge on any atom is 0.123 e. The maximum atomic E-state index is 11.2. The average Bonchev–Trinajstić information content (AvgIpc) is 3.40. The zero-order valence-electron chi connectivity index (χ0n) is 39.4. The Balaban J connectivity index is 1.09. The van der Waals surface area contributed by atoms with Crippen molar-refractivity contribution in [2.45, 2.75) is 24.7 Å². The molecule has 0 aliphatic rings. The van der Waals surface area contributed by atoms with Crippen LogP contribution < -0.4 is 0 Å². The van der Waals surface area contributed by atoms with Crippen LogP contribution in [0, 0.1) is 0 Å². The van der Waals surface area contributed by atoms with Crippen LogP contribution in [0.25, 0.3) is 55.6 Å². The van der Waals surface area contributed by atoms with Crippen molar-refractivity contribution >= 4 is 0 Å². The molecule has 0 aliphatic carbocycles. The summed E-state index contributed by atoms with van der Waals surface area (Å²) in [6, 6.07) is 65.3. The summed E-state index contributed by atoms with van der Waals surface area (Å²) >= 11 is 0. The Morgan fingerprint density at radius 2 is 0.403 bits per heavy atom. The van der Waals surface area contributed by atoms with Crippen LogP contribution in [0.5, 0.6) is 46.0 Å². The molecule has 0 heterocycles. The van der Waals surface area contributed by atoms with Gasteiger partial charge in [0, 0.05) is 55.3 Å². The molecule has 0 spiro atoms. The Bertz CT molecular complexity index is 3220. The van der Waals surface area contributed by atoms with E-state index in [0.717, 1.165) is 44.5 Å². The predicted octanol–water partition coefficient (Wildman–Crippen LogP) is 14.4. The second-order valence-corrected chi connectivity index (χ2v) is 18.4. The summed E-state index contributed by atoms with van der Waals surface area (Å²) < 4.78 is 0. The van der Waals surface area contributed by atoms with Crippen molar-refractivity contribution in [2.24, 2.45) is 0 Å². The monoisotopic (exact) mass is 946 g/mol. The van der Waals surface area contributed by atoms with Crippen LogP contribution in [-0.2, 0) is 10.8 Å². The fourth-order valence-corrected chi connectivity index (χ4v) is 10.0. The molecule has 0 aliphatic heterocycles. The molecule has 10 aromatic carbocycles. The molecule has 0 radical (unpaired) electrons. The van der Waals surface area contributed by atoms with E-state index in [4.69, 9.17) is 0 Å². The number of hydrogen-bond donors (Lipinski definition) is 8. The molecular weight excluding hydrogens is 897 g/mol. The van der Waals surface area contributed by atoms with Crippen LogP contribution >= 0.6 is 0 Å². The van der Waals surface area contributed by atoms with Gasteiger partial charge in [-0.1, -0.05) is 146 Å². The molecule has 10 aromatic rings. The van der Waals surface area contributed by atoms with Crippen molar-refractivity contribution in [3.63, 3.8) is 0 Å². The van der Waals surface area contributed by atoms with Gasteiger partial charge in [-0.2, -0.15) is 0 Å². The SMILES string of the molecule is CC(c1ccc(-c2ccc(C(C)(c3ccc(O)c(-c4ccccc4O)c3)c3ccc(O)c(-c4ccccc4O)c3)cc2)cc1)(c1ccc(O)c(-c2ccccc2O)c1)c1ccc(O)c(-c2ccccc2O)c1. The van der Waals surface area contributed by atoms with E-state index >= 15 is 0 Å². The van der Waals surface area contributed by atoms with Crippen LogP contribution in [0.2, 0.25) is 0 Å². The van der Waals surface area contributed by atoms with Gasteiger partial charge < -0.3 is 40.9 Å². The number of benzene rings is 10. The lowest BCUT2D eigenvalue weighted by Crippen LogP contribution is -2.25. The minimum Gasteiger partial charge on any atom is -0.507 e. The van der Waals surface area contributed by atoms with Gasteiger partial charge in [0.15, 0.2) is 0 Å². The largest absolute Gasteiger partial charge is 0.507 e. The summed E-state index contributed by atoms with van der Waals surface area (Å²) in [6.45, 7) is 4.14. The Kier molecular flexibility index (Phi) is 11.9. The Labute approximate surface area is 417 Å². The molecule has 8 N–H and O–H groups in total. The smallest absolute Gasteiger partial charge is 0.123 e. The number of phenolic OH excluding ortho intramolecular Hbond substituents is 8. The lowest BCUT2D eigenvalue weighted by molar-refractivity contribution is 0.468. The molecule has 0 amide bonds. The number of phenols is 8. The van der Waals surface area contributed by atoms with Gasteiger partial charge in [-0.3, -0.25) is 0 Å². The zero-order chi connectivity index (χ0) is 50.3. The van der Waals surface area contributed by atoms with Gasteiger partial charge in [0.25, 0.3) is 0 Å². The highest BCUT2D eigenvalue weighted by atomic mass is 16.3. The van der Waals surface area contributed by atoms with E-state index in [2.05, 4.69) is 38.1 Å². The van der Waals surface area contributed by atoms with Gasteiger partial charge in [-0.15, -0.1) is 0 Å². The number of para-hydroxylation sites is 4. The first-order chi connectivity index (χ1) is 34.7. The van der Waals surface area contributed by atoms with Crippen molar-refractivity contribution in [3.8, 4) is 102 Å². The highest BCUT2D eigenvalue weighted by Gasteiger charge is 2.35. The lowest BCUT2D eigenvalue weighted by atomic mass is 9.69. The molecule has 354 valence electrons. The van der Waals surface area contributed by atoms with E-state index in [1.165, 1.54) is 0 Å². The van der Waals surface area contributed by atoms with Crippen LogP contribution in [0.3, 0.4) is 0 Å². The molecule has 0 atom stereocenters. The third kappa shape index (κ3) is 8.14. The van der Waals surface area contributed by atoms with E-state index in [1.807, 2.05) is 72.8 Å². The van der Waals surface area contributed by atoms with Gasteiger partial charge in [0.05, 0.1) is 0 Å². The van der Waals surface area contributed by atoms with Crippen LogP contribution in [0.4, 0.5) is 0 Å². The lowest BCUT2D eigenvalue weighted by Gasteiger charge is -2.33. The molecule has 0 aromatic heterocycles. The summed E-state index contributed by atoms with van der Waals surface area (Å²) in [5.41, 5.74) is 8.65. The van der Waals surface area contributed by atoms with Crippen molar-refractivity contribution in [1.82, 2.24) is 0 Å². The molecular formula is C64H50O8. The third-order valence-corrected chi connectivity index (χ3v) is 14.3. The standard InChI is InChI=1S/C64H50O8/c1-63(43-27-31-59(69)51(35-43)47-11-3-7-15-55(47)65,44-28-32-60(70)52(36-44)48-12-4-8-16-56(48)66)41-23-19-39(20-24-41)40-21-25-42(26-22-40)64(2,45-29-33-61(71)53(37-45)49-13-5-9-17-57(49)67)46-30-34-62(72)54(38-46)50-14-6-10-18-58(50)68/h3-38,65-72H,1-2H3. The summed E-state index contributed by atoms with van der Waals surface area (Å²) in [7, 11) is 0. The highest BCUT2D eigenvalue weighted by molar-refractivity contribution is 5.81. The number of hydrogen-bond acceptors (Lipinski definition) is 8. The molecule has 0 saturated carbocycles. The molecule has 0 saturated heterocycles. The number of aromatic hydroxyl groups is 8. The summed E-state index contributed by atoms with van der Waals surface area (Å²) in [5, 5.41) is 88.4. The zero-order valence-corrected chi connectivity index (χ0v) is 39.4. The molecule has 72 heavy (non-hydrogen) atoms. The minimum atomic E-state index is -0.914. The summed E-state index contributed by atoms with van der Waals surface area (Å²) in [5.74, 6) is 0.0932. The number of rotatable bonds is 11. The predicted molar refractivity (Wildman–Crippen MR) is 284 cm³/mol. The average molecular weight is 947 g/mol. The van der Waals surface area contributed by atoms with Gasteiger partial charge >= 0.3 is 0 Å². The van der Waals surface area contributed by atoms with Crippen molar-refractivity contribution in [1.29, 1.82) is 0 Å². The Morgan fingerprint density at radius 3 is 0.625 bits per heavy atom. The van der Waals surface area contributed by atoms with Crippen LogP contribution in [0.1, 0.15) is 47.2 Å². The topological polar surface area (TPSA) is 162 Å². The normalized spacial score (nSPS) is 11.6.